The van der Waals surface area contributed by atoms with Crippen molar-refractivity contribution < 1.29 is 0 Å². The van der Waals surface area contributed by atoms with E-state index in [1.807, 2.05) is 11.8 Å². The van der Waals surface area contributed by atoms with Crippen LogP contribution in [-0.2, 0) is 11.5 Å². The van der Waals surface area contributed by atoms with Crippen molar-refractivity contribution in [3.8, 4) is 0 Å². The predicted octanol–water partition coefficient (Wildman–Crippen LogP) is 3.21. The van der Waals surface area contributed by atoms with Crippen molar-refractivity contribution in [3.05, 3.63) is 47.5 Å². The van der Waals surface area contributed by atoms with Crippen LogP contribution in [0.4, 0.5) is 0 Å². The molecular weight excluding hydrogens is 199 g/mol. The molecule has 1 aliphatic rings. The summed E-state index contributed by atoms with van der Waals surface area (Å²) >= 11 is 2.01. The summed E-state index contributed by atoms with van der Waals surface area (Å²) in [6.45, 7) is 0. The van der Waals surface area contributed by atoms with Gasteiger partial charge in [0.2, 0.25) is 0 Å². The van der Waals surface area contributed by atoms with Crippen molar-refractivity contribution in [2.24, 2.45) is 0 Å². The van der Waals surface area contributed by atoms with Crippen molar-refractivity contribution in [1.29, 1.82) is 0 Å². The summed E-state index contributed by atoms with van der Waals surface area (Å²) in [4.78, 5) is 0. The van der Waals surface area contributed by atoms with Crippen LogP contribution in [0, 0.1) is 0 Å². The second-order valence-electron chi connectivity index (χ2n) is 3.46. The largest absolute Gasteiger partial charge is 0.152 e. The Morgan fingerprint density at radius 3 is 1.86 bits per heavy atom. The van der Waals surface area contributed by atoms with Gasteiger partial charge in [0.1, 0.15) is 0 Å². The Morgan fingerprint density at radius 1 is 0.857 bits per heavy atom. The molecule has 1 aliphatic heterocycles. The Balaban J connectivity index is 0.000000750. The molecule has 0 saturated carbocycles. The molecule has 1 heterocycles. The van der Waals surface area contributed by atoms with Gasteiger partial charge in [0.25, 0.3) is 0 Å². The molecule has 0 amide bonds. The second kappa shape index (κ2) is 4.28. The monoisotopic (exact) mass is 209 g/mol. The fourth-order valence-electron chi connectivity index (χ4n) is 1.87. The smallest absolute Gasteiger partial charge is 0.0191 e. The first kappa shape index (κ1) is 10.6. The Hall–Kier alpha value is 0.0500. The molecule has 3 rings (SSSR count). The molecule has 0 bridgehead atoms. The van der Waals surface area contributed by atoms with E-state index in [1.165, 1.54) is 33.4 Å². The standard InChI is InChI=1S/C12H10S.Na/c1-2-4-10-6-12-8-13-7-11(12)5-9(10)3-1;/h1-6H,7-8H2;. The fourth-order valence-corrected chi connectivity index (χ4v) is 2.95. The summed E-state index contributed by atoms with van der Waals surface area (Å²) in [5.74, 6) is 2.39. The van der Waals surface area contributed by atoms with E-state index in [-0.39, 0.29) is 29.6 Å². The number of hydrogen-bond donors (Lipinski definition) is 0. The van der Waals surface area contributed by atoms with Gasteiger partial charge in [-0.3, -0.25) is 0 Å². The van der Waals surface area contributed by atoms with E-state index in [4.69, 9.17) is 0 Å². The molecule has 14 heavy (non-hydrogen) atoms. The van der Waals surface area contributed by atoms with Crippen LogP contribution in [0.2, 0.25) is 0 Å². The molecule has 0 unspecified atom stereocenters. The van der Waals surface area contributed by atoms with Gasteiger partial charge in [-0.1, -0.05) is 36.4 Å². The van der Waals surface area contributed by atoms with Gasteiger partial charge in [-0.2, -0.15) is 11.8 Å². The Kier molecular flexibility index (Phi) is 3.23. The van der Waals surface area contributed by atoms with Gasteiger partial charge in [0.05, 0.1) is 0 Å². The molecule has 1 radical (unpaired) electrons. The molecular formula is C12H10NaS. The minimum atomic E-state index is 0. The minimum Gasteiger partial charge on any atom is -0.152 e. The molecule has 0 aliphatic carbocycles. The minimum absolute atomic E-state index is 0. The number of rotatable bonds is 0. The molecule has 0 N–H and O–H groups in total. The van der Waals surface area contributed by atoms with Gasteiger partial charge >= 0.3 is 0 Å². The van der Waals surface area contributed by atoms with Crippen LogP contribution in [0.15, 0.2) is 36.4 Å². The van der Waals surface area contributed by atoms with Gasteiger partial charge in [-0.15, -0.1) is 0 Å². The summed E-state index contributed by atoms with van der Waals surface area (Å²) in [5.41, 5.74) is 3.06. The first-order valence-electron chi connectivity index (χ1n) is 4.52. The van der Waals surface area contributed by atoms with E-state index in [2.05, 4.69) is 36.4 Å². The summed E-state index contributed by atoms with van der Waals surface area (Å²) in [6, 6.07) is 13.3. The third-order valence-electron chi connectivity index (χ3n) is 2.58. The van der Waals surface area contributed by atoms with Gasteiger partial charge in [-0.05, 0) is 21.9 Å². The molecule has 0 nitrogen and oxygen atoms in total. The van der Waals surface area contributed by atoms with Gasteiger partial charge in [0.15, 0.2) is 0 Å². The zero-order valence-electron chi connectivity index (χ0n) is 8.29. The summed E-state index contributed by atoms with van der Waals surface area (Å²) in [6.07, 6.45) is 0. The number of fused-ring (bicyclic) bond motifs is 2. The second-order valence-corrected chi connectivity index (χ2v) is 4.45. The van der Waals surface area contributed by atoms with E-state index in [0.29, 0.717) is 0 Å². The topological polar surface area (TPSA) is 0 Å². The van der Waals surface area contributed by atoms with Crippen LogP contribution in [0.25, 0.3) is 10.8 Å². The normalized spacial score (nSPS) is 13.7. The van der Waals surface area contributed by atoms with Crippen molar-refractivity contribution in [3.63, 3.8) is 0 Å². The number of benzene rings is 2. The molecule has 0 fully saturated rings. The maximum Gasteiger partial charge on any atom is 0.0191 e. The van der Waals surface area contributed by atoms with E-state index in [1.54, 1.807) is 0 Å². The summed E-state index contributed by atoms with van der Waals surface area (Å²) in [5, 5.41) is 2.76. The average molecular weight is 209 g/mol. The van der Waals surface area contributed by atoms with Crippen LogP contribution in [-0.4, -0.2) is 29.6 Å². The number of thioether (sulfide) groups is 1. The SMILES string of the molecule is [Na].c1ccc2cc3c(cc2c1)CSC3. The maximum atomic E-state index is 2.34. The van der Waals surface area contributed by atoms with Crippen LogP contribution in [0.5, 0.6) is 0 Å². The van der Waals surface area contributed by atoms with Crippen LogP contribution < -0.4 is 0 Å². The van der Waals surface area contributed by atoms with Gasteiger partial charge in [-0.25, -0.2) is 0 Å². The van der Waals surface area contributed by atoms with E-state index < -0.39 is 0 Å². The molecule has 2 aromatic carbocycles. The van der Waals surface area contributed by atoms with Crippen LogP contribution in [0.3, 0.4) is 0 Å². The molecule has 0 saturated heterocycles. The fraction of sp³-hybridized carbons (Fsp3) is 0.167. The average Bonchev–Trinajstić information content (AvgIpc) is 2.61. The molecule has 2 aromatic rings. The van der Waals surface area contributed by atoms with Crippen molar-refractivity contribution in [1.82, 2.24) is 0 Å². The quantitative estimate of drug-likeness (QED) is 0.600. The summed E-state index contributed by atoms with van der Waals surface area (Å²) < 4.78 is 0. The van der Waals surface area contributed by atoms with Gasteiger partial charge in [0, 0.05) is 41.1 Å². The predicted molar refractivity (Wildman–Crippen MR) is 64.7 cm³/mol. The first-order chi connectivity index (χ1) is 6.43. The van der Waals surface area contributed by atoms with Crippen LogP contribution >= 0.6 is 11.8 Å². The van der Waals surface area contributed by atoms with E-state index in [0.717, 1.165) is 0 Å². The van der Waals surface area contributed by atoms with Crippen molar-refractivity contribution >= 4 is 52.1 Å². The Labute approximate surface area is 110 Å². The van der Waals surface area contributed by atoms with Crippen molar-refractivity contribution in [2.75, 3.05) is 0 Å². The van der Waals surface area contributed by atoms with Crippen molar-refractivity contribution in [2.45, 2.75) is 11.5 Å². The number of hydrogen-bond acceptors (Lipinski definition) is 1. The summed E-state index contributed by atoms with van der Waals surface area (Å²) in [7, 11) is 0. The van der Waals surface area contributed by atoms with Gasteiger partial charge < -0.3 is 0 Å². The molecule has 65 valence electrons. The van der Waals surface area contributed by atoms with E-state index in [9.17, 15) is 0 Å². The first-order valence-corrected chi connectivity index (χ1v) is 5.67. The molecule has 0 spiro atoms. The van der Waals surface area contributed by atoms with Crippen LogP contribution in [0.1, 0.15) is 11.1 Å². The Morgan fingerprint density at radius 2 is 1.36 bits per heavy atom. The van der Waals surface area contributed by atoms with E-state index >= 15 is 0 Å². The molecule has 0 aromatic heterocycles. The molecule has 2 heteroatoms. The third-order valence-corrected chi connectivity index (χ3v) is 3.61. The zero-order chi connectivity index (χ0) is 8.67. The molecule has 0 atom stereocenters. The third kappa shape index (κ3) is 1.74. The Bertz CT molecular complexity index is 422. The zero-order valence-corrected chi connectivity index (χ0v) is 11.1. The maximum absolute atomic E-state index is 2.34.